The van der Waals surface area contributed by atoms with Crippen LogP contribution in [-0.2, 0) is 4.79 Å². The highest BCUT2D eigenvalue weighted by Gasteiger charge is 1.98. The first-order chi connectivity index (χ1) is 6.72. The van der Waals surface area contributed by atoms with Gasteiger partial charge < -0.3 is 9.64 Å². The molecule has 0 N–H and O–H groups in total. The minimum Gasteiger partial charge on any atom is -0.452 e. The van der Waals surface area contributed by atoms with E-state index in [4.69, 9.17) is 4.74 Å². The van der Waals surface area contributed by atoms with Crippen molar-refractivity contribution in [3.8, 4) is 5.75 Å². The summed E-state index contributed by atoms with van der Waals surface area (Å²) < 4.78 is 5.33. The number of aldehydes is 1. The molecule has 0 bridgehead atoms. The predicted molar refractivity (Wildman–Crippen MR) is 54.9 cm³/mol. The van der Waals surface area contributed by atoms with E-state index >= 15 is 0 Å². The van der Waals surface area contributed by atoms with Gasteiger partial charge in [-0.1, -0.05) is 18.2 Å². The van der Waals surface area contributed by atoms with Gasteiger partial charge in [-0.15, -0.1) is 0 Å². The van der Waals surface area contributed by atoms with Crippen molar-refractivity contribution in [3.63, 3.8) is 0 Å². The average molecular weight is 191 g/mol. The molecule has 14 heavy (non-hydrogen) atoms. The number of carbonyl (C=O) groups is 1. The molecular weight excluding hydrogens is 178 g/mol. The van der Waals surface area contributed by atoms with Crippen LogP contribution in [0.15, 0.2) is 42.3 Å². The predicted octanol–water partition coefficient (Wildman–Crippen LogP) is 1.67. The summed E-state index contributed by atoms with van der Waals surface area (Å²) in [6.07, 6.45) is 2.31. The van der Waals surface area contributed by atoms with Crippen molar-refractivity contribution in [2.75, 3.05) is 14.1 Å². The van der Waals surface area contributed by atoms with Gasteiger partial charge in [0.25, 0.3) is 0 Å². The maximum atomic E-state index is 10.6. The van der Waals surface area contributed by atoms with Gasteiger partial charge in [-0.2, -0.15) is 0 Å². The molecule has 0 atom stereocenters. The van der Waals surface area contributed by atoms with E-state index in [2.05, 4.69) is 0 Å². The minimum atomic E-state index is 0.293. The molecular formula is C11H13NO2. The first-order valence-electron chi connectivity index (χ1n) is 4.28. The fraction of sp³-hybridized carbons (Fsp3) is 0.182. The lowest BCUT2D eigenvalue weighted by Crippen LogP contribution is -2.07. The van der Waals surface area contributed by atoms with E-state index in [1.54, 1.807) is 23.2 Å². The maximum absolute atomic E-state index is 10.6. The van der Waals surface area contributed by atoms with Gasteiger partial charge in [0.2, 0.25) is 0 Å². The normalized spacial score (nSPS) is 10.9. The zero-order valence-electron chi connectivity index (χ0n) is 8.31. The molecule has 0 fully saturated rings. The van der Waals surface area contributed by atoms with Crippen molar-refractivity contribution < 1.29 is 9.53 Å². The number of carbonyl (C=O) groups excluding carboxylic acids is 1. The monoisotopic (exact) mass is 191 g/mol. The van der Waals surface area contributed by atoms with Crippen LogP contribution in [0.25, 0.3) is 0 Å². The van der Waals surface area contributed by atoms with Crippen LogP contribution in [0.1, 0.15) is 0 Å². The maximum Gasteiger partial charge on any atom is 0.186 e. The van der Waals surface area contributed by atoms with Crippen LogP contribution in [-0.4, -0.2) is 25.3 Å². The summed E-state index contributed by atoms with van der Waals surface area (Å²) in [5, 5.41) is 0. The van der Waals surface area contributed by atoms with Crippen molar-refractivity contribution in [1.29, 1.82) is 0 Å². The molecule has 0 amide bonds. The molecule has 0 aromatic heterocycles. The summed E-state index contributed by atoms with van der Waals surface area (Å²) >= 11 is 0. The number of ether oxygens (including phenoxy) is 1. The van der Waals surface area contributed by atoms with Crippen LogP contribution in [0.5, 0.6) is 5.75 Å². The van der Waals surface area contributed by atoms with Crippen molar-refractivity contribution in [2.45, 2.75) is 0 Å². The number of rotatable bonds is 4. The van der Waals surface area contributed by atoms with E-state index < -0.39 is 0 Å². The summed E-state index contributed by atoms with van der Waals surface area (Å²) in [6.45, 7) is 0. The molecule has 0 aliphatic heterocycles. The first-order valence-corrected chi connectivity index (χ1v) is 4.28. The van der Waals surface area contributed by atoms with E-state index in [1.807, 2.05) is 32.3 Å². The molecule has 0 saturated carbocycles. The molecule has 0 saturated heterocycles. The van der Waals surface area contributed by atoms with Crippen LogP contribution >= 0.6 is 0 Å². The van der Waals surface area contributed by atoms with Gasteiger partial charge in [0, 0.05) is 20.3 Å². The third kappa shape index (κ3) is 3.31. The Balaban J connectivity index is 2.71. The third-order valence-electron chi connectivity index (χ3n) is 1.48. The Kier molecular flexibility index (Phi) is 3.73. The lowest BCUT2D eigenvalue weighted by atomic mass is 10.3. The summed E-state index contributed by atoms with van der Waals surface area (Å²) in [5.74, 6) is 0.953. The largest absolute Gasteiger partial charge is 0.452 e. The first kappa shape index (κ1) is 10.3. The number of hydrogen-bond donors (Lipinski definition) is 0. The quantitative estimate of drug-likeness (QED) is 0.412. The highest BCUT2D eigenvalue weighted by molar-refractivity contribution is 5.70. The molecule has 1 rings (SSSR count). The number of benzene rings is 1. The second-order valence-electron chi connectivity index (χ2n) is 3.03. The topological polar surface area (TPSA) is 29.5 Å². The Morgan fingerprint density at radius 3 is 2.43 bits per heavy atom. The number of allylic oxidation sites excluding steroid dienone is 1. The SMILES string of the molecule is CN(C)/C=C(\C=O)Oc1ccccc1. The van der Waals surface area contributed by atoms with Gasteiger partial charge in [-0.05, 0) is 12.1 Å². The van der Waals surface area contributed by atoms with Gasteiger partial charge in [0.1, 0.15) is 5.75 Å². The van der Waals surface area contributed by atoms with Crippen molar-refractivity contribution >= 4 is 6.29 Å². The highest BCUT2D eigenvalue weighted by Crippen LogP contribution is 2.11. The molecule has 0 spiro atoms. The zero-order chi connectivity index (χ0) is 10.4. The minimum absolute atomic E-state index is 0.293. The van der Waals surface area contributed by atoms with Crippen molar-refractivity contribution in [2.24, 2.45) is 0 Å². The molecule has 0 unspecified atom stereocenters. The zero-order valence-corrected chi connectivity index (χ0v) is 8.31. The summed E-state index contributed by atoms with van der Waals surface area (Å²) in [5.41, 5.74) is 0. The number of nitrogens with zero attached hydrogens (tertiary/aromatic N) is 1. The van der Waals surface area contributed by atoms with E-state index in [9.17, 15) is 4.79 Å². The van der Waals surface area contributed by atoms with Crippen LogP contribution in [0, 0.1) is 0 Å². The Morgan fingerprint density at radius 2 is 1.93 bits per heavy atom. The lowest BCUT2D eigenvalue weighted by Gasteiger charge is -2.08. The van der Waals surface area contributed by atoms with Gasteiger partial charge in [0.15, 0.2) is 12.0 Å². The number of hydrogen-bond acceptors (Lipinski definition) is 3. The Labute approximate surface area is 83.6 Å². The number of para-hydroxylation sites is 1. The molecule has 3 nitrogen and oxygen atoms in total. The van der Waals surface area contributed by atoms with Crippen LogP contribution in [0.4, 0.5) is 0 Å². The molecule has 0 aliphatic carbocycles. The molecule has 1 aromatic carbocycles. The smallest absolute Gasteiger partial charge is 0.186 e. The van der Waals surface area contributed by atoms with Crippen molar-refractivity contribution in [3.05, 3.63) is 42.3 Å². The Bertz CT molecular complexity index is 317. The van der Waals surface area contributed by atoms with Crippen molar-refractivity contribution in [1.82, 2.24) is 4.90 Å². The third-order valence-corrected chi connectivity index (χ3v) is 1.48. The Hall–Kier alpha value is -1.77. The lowest BCUT2D eigenvalue weighted by molar-refractivity contribution is -0.106. The highest BCUT2D eigenvalue weighted by atomic mass is 16.5. The van der Waals surface area contributed by atoms with Gasteiger partial charge in [0.05, 0.1) is 0 Å². The second kappa shape index (κ2) is 5.07. The second-order valence-corrected chi connectivity index (χ2v) is 3.03. The van der Waals surface area contributed by atoms with Gasteiger partial charge in [-0.25, -0.2) is 0 Å². The van der Waals surface area contributed by atoms with E-state index in [-0.39, 0.29) is 0 Å². The average Bonchev–Trinajstić information content (AvgIpc) is 2.17. The van der Waals surface area contributed by atoms with E-state index in [0.29, 0.717) is 17.8 Å². The van der Waals surface area contributed by atoms with E-state index in [0.717, 1.165) is 0 Å². The van der Waals surface area contributed by atoms with Crippen LogP contribution < -0.4 is 4.74 Å². The van der Waals surface area contributed by atoms with Crippen LogP contribution in [0.3, 0.4) is 0 Å². The van der Waals surface area contributed by atoms with Gasteiger partial charge >= 0.3 is 0 Å². The Morgan fingerprint density at radius 1 is 1.29 bits per heavy atom. The van der Waals surface area contributed by atoms with E-state index in [1.165, 1.54) is 0 Å². The molecule has 1 aromatic rings. The van der Waals surface area contributed by atoms with Crippen LogP contribution in [0.2, 0.25) is 0 Å². The molecule has 0 radical (unpaired) electrons. The summed E-state index contributed by atoms with van der Waals surface area (Å²) in [6, 6.07) is 9.20. The molecule has 3 heteroatoms. The molecule has 74 valence electrons. The fourth-order valence-electron chi connectivity index (χ4n) is 0.960. The fourth-order valence-corrected chi connectivity index (χ4v) is 0.960. The summed E-state index contributed by atoms with van der Waals surface area (Å²) in [4.78, 5) is 12.4. The molecule has 0 heterocycles. The van der Waals surface area contributed by atoms with Gasteiger partial charge in [-0.3, -0.25) is 4.79 Å². The molecule has 0 aliphatic rings. The summed E-state index contributed by atoms with van der Waals surface area (Å²) in [7, 11) is 3.66. The standard InChI is InChI=1S/C11H13NO2/c1-12(2)8-11(9-13)14-10-6-4-3-5-7-10/h3-9H,1-2H3/b11-8+.